The Morgan fingerprint density at radius 1 is 0.864 bits per heavy atom. The first-order valence-corrected chi connectivity index (χ1v) is 5.35. The number of carbonyl (C=O) groups excluding carboxylic acids is 3. The highest BCUT2D eigenvalue weighted by molar-refractivity contribution is 7.81. The van der Waals surface area contributed by atoms with Crippen molar-refractivity contribution in [3.05, 3.63) is 0 Å². The van der Waals surface area contributed by atoms with Gasteiger partial charge >= 0.3 is 11.9 Å². The lowest BCUT2D eigenvalue weighted by Crippen LogP contribution is -1.99. The minimum atomic E-state index is -0.293. The molecule has 0 aromatic carbocycles. The maximum atomic E-state index is 9.96. The molecule has 0 aromatic rings. The predicted molar refractivity (Wildman–Crippen MR) is 105 cm³/mol. The van der Waals surface area contributed by atoms with Crippen molar-refractivity contribution in [2.24, 2.45) is 0 Å². The van der Waals surface area contributed by atoms with Gasteiger partial charge in [-0.2, -0.15) is 12.6 Å². The predicted octanol–water partition coefficient (Wildman–Crippen LogP) is 5.07. The Morgan fingerprint density at radius 3 is 1.14 bits per heavy atom. The molecule has 0 aliphatic carbocycles. The van der Waals surface area contributed by atoms with Gasteiger partial charge in [0.25, 0.3) is 0 Å². The van der Waals surface area contributed by atoms with Crippen molar-refractivity contribution >= 4 is 30.9 Å². The highest BCUT2D eigenvalue weighted by Crippen LogP contribution is 1.76. The van der Waals surface area contributed by atoms with Gasteiger partial charge in [0.2, 0.25) is 0 Å². The van der Waals surface area contributed by atoms with E-state index in [1.54, 1.807) is 6.92 Å². The Kier molecular flexibility index (Phi) is 159. The standard InChI is InChI=1S/C4H8O2.C3H6O2S.C3H6O.6CH4/c1-3-4(5)6-2;1-5-3(4)2-6;1-2-3-4;;;;;;/h3H2,1-2H3;6H,2H2,1H3;3H,2H2,1H3;6*1H4. The van der Waals surface area contributed by atoms with Gasteiger partial charge in [0.1, 0.15) is 6.29 Å². The fourth-order valence-electron chi connectivity index (χ4n) is 0.209. The summed E-state index contributed by atoms with van der Waals surface area (Å²) in [4.78, 5) is 29.0. The average molecular weight is 349 g/mol. The molecule has 0 aromatic heterocycles. The highest BCUT2D eigenvalue weighted by atomic mass is 32.1. The van der Waals surface area contributed by atoms with Crippen LogP contribution in [0.2, 0.25) is 0 Å². The quantitative estimate of drug-likeness (QED) is 0.438. The summed E-state index contributed by atoms with van der Waals surface area (Å²) in [5.74, 6) is -0.287. The molecular weight excluding hydrogens is 304 g/mol. The average Bonchev–Trinajstić information content (AvgIpc) is 2.37. The molecule has 0 atom stereocenters. The van der Waals surface area contributed by atoms with Crippen molar-refractivity contribution in [1.82, 2.24) is 0 Å². The molecule has 0 unspecified atom stereocenters. The number of hydrogen-bond acceptors (Lipinski definition) is 6. The van der Waals surface area contributed by atoms with E-state index in [0.29, 0.717) is 12.8 Å². The topological polar surface area (TPSA) is 69.7 Å². The lowest BCUT2D eigenvalue weighted by Gasteiger charge is -1.87. The van der Waals surface area contributed by atoms with Crippen molar-refractivity contribution in [3.63, 3.8) is 0 Å². The Balaban J connectivity index is -0.0000000147. The molecule has 0 rings (SSSR count). The van der Waals surface area contributed by atoms with Gasteiger partial charge in [-0.25, -0.2) is 0 Å². The van der Waals surface area contributed by atoms with Gasteiger partial charge in [0.15, 0.2) is 0 Å². The van der Waals surface area contributed by atoms with Gasteiger partial charge in [-0.15, -0.1) is 0 Å². The summed E-state index contributed by atoms with van der Waals surface area (Å²) < 4.78 is 8.44. The van der Waals surface area contributed by atoms with Crippen LogP contribution in [-0.2, 0) is 23.9 Å². The van der Waals surface area contributed by atoms with Crippen LogP contribution in [0.5, 0.6) is 0 Å². The van der Waals surface area contributed by atoms with Crippen molar-refractivity contribution < 1.29 is 23.9 Å². The van der Waals surface area contributed by atoms with Gasteiger partial charge < -0.3 is 14.3 Å². The van der Waals surface area contributed by atoms with E-state index in [9.17, 15) is 14.4 Å². The molecule has 0 amide bonds. The molecule has 0 N–H and O–H groups in total. The monoisotopic (exact) mass is 348 g/mol. The third kappa shape index (κ3) is 96.5. The summed E-state index contributed by atoms with van der Waals surface area (Å²) in [7, 11) is 2.71. The first-order chi connectivity index (χ1) is 7.53. The van der Waals surface area contributed by atoms with Gasteiger partial charge in [-0.05, 0) is 0 Å². The van der Waals surface area contributed by atoms with Crippen LogP contribution < -0.4 is 0 Å². The second-order valence-corrected chi connectivity index (χ2v) is 2.56. The lowest BCUT2D eigenvalue weighted by atomic mass is 10.5. The third-order valence-corrected chi connectivity index (χ3v) is 1.30. The molecule has 6 heteroatoms. The van der Waals surface area contributed by atoms with Crippen LogP contribution in [0.4, 0.5) is 0 Å². The maximum Gasteiger partial charge on any atom is 0.315 e. The van der Waals surface area contributed by atoms with Gasteiger partial charge in [-0.3, -0.25) is 9.59 Å². The number of rotatable bonds is 3. The van der Waals surface area contributed by atoms with E-state index in [1.165, 1.54) is 14.2 Å². The fraction of sp³-hybridized carbons (Fsp3) is 0.812. The molecule has 5 nitrogen and oxygen atoms in total. The zero-order valence-electron chi connectivity index (χ0n) is 10.2. The number of carbonyl (C=O) groups is 3. The number of methoxy groups -OCH3 is 2. The van der Waals surface area contributed by atoms with Gasteiger partial charge in [-0.1, -0.05) is 58.4 Å². The Morgan fingerprint density at radius 2 is 1.14 bits per heavy atom. The molecular formula is C16H44O5S. The molecule has 0 aliphatic rings. The Bertz CT molecular complexity index is 157. The largest absolute Gasteiger partial charge is 0.469 e. The summed E-state index contributed by atoms with van der Waals surface area (Å²) in [5, 5.41) is 0. The number of ether oxygens (including phenoxy) is 2. The first-order valence-electron chi connectivity index (χ1n) is 4.71. The van der Waals surface area contributed by atoms with Crippen LogP contribution in [-0.4, -0.2) is 38.2 Å². The van der Waals surface area contributed by atoms with Crippen LogP contribution in [0.25, 0.3) is 0 Å². The normalized spacial score (nSPS) is 5.32. The molecule has 0 heterocycles. The number of esters is 2. The van der Waals surface area contributed by atoms with Crippen molar-refractivity contribution in [3.8, 4) is 0 Å². The van der Waals surface area contributed by atoms with Crippen LogP contribution >= 0.6 is 12.6 Å². The SMILES string of the molecule is C.C.C.C.C.C.CCC(=O)OC.CCC=O.COC(=O)CS. The highest BCUT2D eigenvalue weighted by Gasteiger charge is 1.88. The van der Waals surface area contributed by atoms with E-state index in [1.807, 2.05) is 6.92 Å². The zero-order chi connectivity index (χ0) is 13.4. The molecule has 0 aliphatic heterocycles. The minimum Gasteiger partial charge on any atom is -0.469 e. The van der Waals surface area contributed by atoms with E-state index in [2.05, 4.69) is 22.1 Å². The summed E-state index contributed by atoms with van der Waals surface area (Å²) in [6.07, 6.45) is 1.98. The summed E-state index contributed by atoms with van der Waals surface area (Å²) in [6.45, 7) is 3.57. The minimum absolute atomic E-state index is 0. The second-order valence-electron chi connectivity index (χ2n) is 2.24. The lowest BCUT2D eigenvalue weighted by molar-refractivity contribution is -0.140. The van der Waals surface area contributed by atoms with E-state index in [0.717, 1.165) is 6.29 Å². The van der Waals surface area contributed by atoms with Gasteiger partial charge in [0, 0.05) is 12.8 Å². The molecule has 22 heavy (non-hydrogen) atoms. The third-order valence-electron chi connectivity index (χ3n) is 1.04. The molecule has 0 fully saturated rings. The first kappa shape index (κ1) is 58.4. The van der Waals surface area contributed by atoms with Crippen molar-refractivity contribution in [2.45, 2.75) is 71.2 Å². The van der Waals surface area contributed by atoms with E-state index >= 15 is 0 Å². The second kappa shape index (κ2) is 59.7. The van der Waals surface area contributed by atoms with E-state index in [-0.39, 0.29) is 62.3 Å². The summed E-state index contributed by atoms with van der Waals surface area (Å²) >= 11 is 3.62. The number of thiol groups is 1. The molecule has 0 spiro atoms. The van der Waals surface area contributed by atoms with E-state index < -0.39 is 0 Å². The molecule has 0 saturated heterocycles. The molecule has 0 saturated carbocycles. The summed E-state index contributed by atoms with van der Waals surface area (Å²) in [6, 6.07) is 0. The maximum absolute atomic E-state index is 9.96. The van der Waals surface area contributed by atoms with E-state index in [4.69, 9.17) is 0 Å². The van der Waals surface area contributed by atoms with Crippen LogP contribution in [0.3, 0.4) is 0 Å². The van der Waals surface area contributed by atoms with Crippen LogP contribution in [0, 0.1) is 0 Å². The zero-order valence-corrected chi connectivity index (χ0v) is 11.1. The Hall–Kier alpha value is -1.04. The van der Waals surface area contributed by atoms with Crippen molar-refractivity contribution in [2.75, 3.05) is 20.0 Å². The van der Waals surface area contributed by atoms with Crippen molar-refractivity contribution in [1.29, 1.82) is 0 Å². The van der Waals surface area contributed by atoms with Gasteiger partial charge in [0.05, 0.1) is 20.0 Å². The van der Waals surface area contributed by atoms with Crippen LogP contribution in [0.15, 0.2) is 0 Å². The fourth-order valence-corrected chi connectivity index (χ4v) is 0.338. The molecule has 0 radical (unpaired) electrons. The Labute approximate surface area is 146 Å². The van der Waals surface area contributed by atoms with Crippen LogP contribution in [0.1, 0.15) is 71.2 Å². The smallest absolute Gasteiger partial charge is 0.315 e. The number of aldehydes is 1. The number of hydrogen-bond donors (Lipinski definition) is 1. The molecule has 144 valence electrons. The summed E-state index contributed by atoms with van der Waals surface area (Å²) in [5.41, 5.74) is 0. The molecule has 0 bridgehead atoms.